The molecule has 15 heteroatoms. The lowest BCUT2D eigenvalue weighted by Crippen LogP contribution is -2.55. The Morgan fingerprint density at radius 2 is 1.47 bits per heavy atom. The Labute approximate surface area is 197 Å². The van der Waals surface area contributed by atoms with Crippen molar-refractivity contribution in [1.82, 2.24) is 26.6 Å². The van der Waals surface area contributed by atoms with Crippen LogP contribution >= 0.6 is 0 Å². The van der Waals surface area contributed by atoms with Crippen LogP contribution in [-0.2, 0) is 24.0 Å². The minimum atomic E-state index is -1.21. The van der Waals surface area contributed by atoms with Crippen LogP contribution in [0.5, 0.6) is 0 Å². The number of carbonyl (C=O) groups excluding carboxylic acids is 4. The van der Waals surface area contributed by atoms with Crippen molar-refractivity contribution in [3.63, 3.8) is 0 Å². The van der Waals surface area contributed by atoms with E-state index >= 15 is 0 Å². The summed E-state index contributed by atoms with van der Waals surface area (Å²) in [6.07, 6.45) is 1.71. The summed E-state index contributed by atoms with van der Waals surface area (Å²) in [7, 11) is 0. The van der Waals surface area contributed by atoms with Crippen LogP contribution in [0.15, 0.2) is 0 Å². The van der Waals surface area contributed by atoms with Gasteiger partial charge in [-0.25, -0.2) is 4.79 Å². The number of hydrogen-bond acceptors (Lipinski definition) is 8. The molecule has 0 unspecified atom stereocenters. The van der Waals surface area contributed by atoms with Crippen LogP contribution in [0, 0.1) is 5.41 Å². The monoisotopic (exact) mass is 487 g/mol. The summed E-state index contributed by atoms with van der Waals surface area (Å²) in [6, 6.07) is -3.31. The first-order chi connectivity index (χ1) is 16.0. The maximum atomic E-state index is 12.8. The van der Waals surface area contributed by atoms with Crippen LogP contribution in [0.25, 0.3) is 0 Å². The molecular weight excluding hydrogens is 450 g/mol. The first-order valence-corrected chi connectivity index (χ1v) is 10.9. The smallest absolute Gasteiger partial charge is 0.326 e. The Morgan fingerprint density at radius 1 is 0.853 bits per heavy atom. The quantitative estimate of drug-likeness (QED) is 0.0539. The van der Waals surface area contributed by atoms with E-state index in [-0.39, 0.29) is 38.4 Å². The van der Waals surface area contributed by atoms with Crippen LogP contribution < -0.4 is 43.8 Å². The summed E-state index contributed by atoms with van der Waals surface area (Å²) in [6.45, 7) is 1.36. The Morgan fingerprint density at radius 3 is 2.03 bits per heavy atom. The molecule has 3 atom stereocenters. The molecule has 0 bridgehead atoms. The Kier molecular flexibility index (Phi) is 15.3. The van der Waals surface area contributed by atoms with Crippen LogP contribution in [0.1, 0.15) is 39.0 Å². The van der Waals surface area contributed by atoms with Crippen LogP contribution in [0.2, 0.25) is 0 Å². The van der Waals surface area contributed by atoms with Gasteiger partial charge in [0.05, 0.1) is 13.1 Å². The molecule has 0 aliphatic carbocycles. The molecule has 4 amide bonds. The highest BCUT2D eigenvalue weighted by Crippen LogP contribution is 2.04. The summed E-state index contributed by atoms with van der Waals surface area (Å²) in [5.74, 6) is -4.04. The van der Waals surface area contributed by atoms with Crippen LogP contribution in [0.3, 0.4) is 0 Å². The molecule has 0 aromatic rings. The van der Waals surface area contributed by atoms with E-state index in [1.807, 2.05) is 0 Å². The molecule has 0 aromatic carbocycles. The van der Waals surface area contributed by atoms with Gasteiger partial charge in [-0.05, 0) is 45.6 Å². The first kappa shape index (κ1) is 30.5. The average Bonchev–Trinajstić information content (AvgIpc) is 2.78. The predicted octanol–water partition coefficient (Wildman–Crippen LogP) is -3.99. The molecule has 0 aliphatic rings. The maximum Gasteiger partial charge on any atom is 0.326 e. The number of nitrogens with two attached hydrogens (primary N) is 3. The van der Waals surface area contributed by atoms with Crippen molar-refractivity contribution < 1.29 is 29.1 Å². The number of carbonyl (C=O) groups is 5. The molecule has 0 fully saturated rings. The summed E-state index contributed by atoms with van der Waals surface area (Å²) in [5.41, 5.74) is 15.8. The van der Waals surface area contributed by atoms with Gasteiger partial charge >= 0.3 is 5.97 Å². The largest absolute Gasteiger partial charge is 0.480 e. The molecule has 0 aromatic heterocycles. The lowest BCUT2D eigenvalue weighted by Gasteiger charge is -2.23. The number of carboxylic acids is 1. The minimum absolute atomic E-state index is 0.111. The molecule has 0 radical (unpaired) electrons. The fourth-order valence-corrected chi connectivity index (χ4v) is 2.73. The lowest BCUT2D eigenvalue weighted by atomic mass is 10.1. The molecule has 0 spiro atoms. The summed E-state index contributed by atoms with van der Waals surface area (Å²) in [4.78, 5) is 59.8. The lowest BCUT2D eigenvalue weighted by molar-refractivity contribution is -0.142. The zero-order valence-corrected chi connectivity index (χ0v) is 19.3. The summed E-state index contributed by atoms with van der Waals surface area (Å²) >= 11 is 0. The van der Waals surface area contributed by atoms with E-state index in [1.54, 1.807) is 0 Å². The van der Waals surface area contributed by atoms with Gasteiger partial charge in [-0.15, -0.1) is 0 Å². The molecule has 0 aliphatic heterocycles. The minimum Gasteiger partial charge on any atom is -0.480 e. The van der Waals surface area contributed by atoms with Crippen molar-refractivity contribution in [2.75, 3.05) is 26.2 Å². The second-order valence-electron chi connectivity index (χ2n) is 7.50. The zero-order valence-electron chi connectivity index (χ0n) is 19.3. The van der Waals surface area contributed by atoms with E-state index in [2.05, 4.69) is 26.6 Å². The van der Waals surface area contributed by atoms with Gasteiger partial charge in [0, 0.05) is 6.54 Å². The molecule has 0 saturated carbocycles. The molecule has 0 rings (SSSR count). The Bertz CT molecular complexity index is 718. The van der Waals surface area contributed by atoms with Crippen molar-refractivity contribution in [2.24, 2.45) is 17.2 Å². The zero-order chi connectivity index (χ0) is 26.1. The van der Waals surface area contributed by atoms with Gasteiger partial charge in [0.15, 0.2) is 5.96 Å². The number of rotatable bonds is 17. The molecule has 0 heterocycles. The highest BCUT2D eigenvalue weighted by Gasteiger charge is 2.27. The first-order valence-electron chi connectivity index (χ1n) is 10.9. The highest BCUT2D eigenvalue weighted by molar-refractivity contribution is 5.94. The van der Waals surface area contributed by atoms with E-state index in [9.17, 15) is 29.1 Å². The fourth-order valence-electron chi connectivity index (χ4n) is 2.73. The van der Waals surface area contributed by atoms with Crippen molar-refractivity contribution in [3.05, 3.63) is 0 Å². The van der Waals surface area contributed by atoms with Crippen LogP contribution in [-0.4, -0.2) is 85.0 Å². The van der Waals surface area contributed by atoms with Gasteiger partial charge in [-0.1, -0.05) is 0 Å². The molecular formula is C19H37N9O6. The number of unbranched alkanes of at least 4 members (excludes halogenated alkanes) is 1. The van der Waals surface area contributed by atoms with Crippen molar-refractivity contribution >= 4 is 35.6 Å². The van der Waals surface area contributed by atoms with Crippen molar-refractivity contribution in [2.45, 2.75) is 57.2 Å². The maximum absolute atomic E-state index is 12.8. The number of hydrogen-bond donors (Lipinski definition) is 10. The van der Waals surface area contributed by atoms with E-state index in [0.29, 0.717) is 25.8 Å². The Balaban J connectivity index is 5.09. The molecule has 13 N–H and O–H groups in total. The number of guanidine groups is 1. The average molecular weight is 488 g/mol. The molecule has 15 nitrogen and oxygen atoms in total. The van der Waals surface area contributed by atoms with Gasteiger partial charge < -0.3 is 48.9 Å². The fraction of sp³-hybridized carbons (Fsp3) is 0.684. The molecule has 194 valence electrons. The van der Waals surface area contributed by atoms with Crippen molar-refractivity contribution in [3.8, 4) is 0 Å². The van der Waals surface area contributed by atoms with E-state index in [0.717, 1.165) is 0 Å². The third kappa shape index (κ3) is 13.8. The van der Waals surface area contributed by atoms with Crippen LogP contribution in [0.4, 0.5) is 0 Å². The number of carboxylic acid groups (broad SMARTS) is 1. The predicted molar refractivity (Wildman–Crippen MR) is 123 cm³/mol. The van der Waals surface area contributed by atoms with Gasteiger partial charge in [0.2, 0.25) is 23.6 Å². The van der Waals surface area contributed by atoms with Gasteiger partial charge in [-0.2, -0.15) is 0 Å². The SMILES string of the molecule is C[C@H](NC(=O)CNC(=O)CN)C(=O)N[C@@H](CCCNC(=N)N)C(=O)N[C@@H](CCCCN)C(=O)O. The standard InChI is InChI=1S/C19H37N9O6/c1-11(26-15(30)10-25-14(29)9-21)16(31)27-12(6-4-8-24-19(22)23)17(32)28-13(18(33)34)5-2-3-7-20/h11-13H,2-10,20-21H2,1H3,(H,25,29)(H,26,30)(H,27,31)(H,28,32)(H,33,34)(H4,22,23,24)/t11-,12-,13-/m0/s1. The number of aliphatic carboxylic acids is 1. The second kappa shape index (κ2) is 17.1. The van der Waals surface area contributed by atoms with Gasteiger partial charge in [-0.3, -0.25) is 24.6 Å². The summed E-state index contributed by atoms with van der Waals surface area (Å²) < 4.78 is 0. The van der Waals surface area contributed by atoms with E-state index in [1.165, 1.54) is 6.92 Å². The highest BCUT2D eigenvalue weighted by atomic mass is 16.4. The second-order valence-corrected chi connectivity index (χ2v) is 7.50. The number of amides is 4. The molecule has 0 saturated heterocycles. The van der Waals surface area contributed by atoms with Crippen molar-refractivity contribution in [1.29, 1.82) is 5.41 Å². The Hall–Kier alpha value is -3.46. The topological polar surface area (TPSA) is 268 Å². The van der Waals surface area contributed by atoms with E-state index in [4.69, 9.17) is 22.6 Å². The van der Waals surface area contributed by atoms with Gasteiger partial charge in [0.1, 0.15) is 18.1 Å². The molecule has 34 heavy (non-hydrogen) atoms. The third-order valence-corrected chi connectivity index (χ3v) is 4.58. The van der Waals surface area contributed by atoms with Gasteiger partial charge in [0.25, 0.3) is 0 Å². The number of nitrogens with one attached hydrogen (secondary N) is 6. The summed E-state index contributed by atoms with van der Waals surface area (Å²) in [5, 5.41) is 28.7. The normalized spacial score (nSPS) is 13.0. The third-order valence-electron chi connectivity index (χ3n) is 4.58. The van der Waals surface area contributed by atoms with E-state index < -0.39 is 47.7 Å².